The van der Waals surface area contributed by atoms with E-state index in [9.17, 15) is 18.0 Å². The Kier molecular flexibility index (Phi) is 10.2. The zero-order valence-electron chi connectivity index (χ0n) is 19.8. The zero-order chi connectivity index (χ0) is 25.5. The normalized spacial score (nSPS) is 12.3. The number of carbonyl (C=O) groups excluding carboxylic acids is 2. The molecule has 0 bridgehead atoms. The number of benzene rings is 2. The SMILES string of the molecule is CC[C@H](C(=O)NCC(C)C)N(Cc1c(Cl)cccc1Cl)C(=O)CN(c1ccccc1)S(C)(=O)=O. The predicted octanol–water partition coefficient (Wildman–Crippen LogP) is 4.34. The molecule has 0 aromatic heterocycles. The van der Waals surface area contributed by atoms with Crippen molar-refractivity contribution < 1.29 is 18.0 Å². The van der Waals surface area contributed by atoms with Gasteiger partial charge >= 0.3 is 0 Å². The summed E-state index contributed by atoms with van der Waals surface area (Å²) in [7, 11) is -3.78. The predicted molar refractivity (Wildman–Crippen MR) is 138 cm³/mol. The third-order valence-corrected chi connectivity index (χ3v) is 7.03. The lowest BCUT2D eigenvalue weighted by Crippen LogP contribution is -2.52. The molecule has 2 aromatic rings. The summed E-state index contributed by atoms with van der Waals surface area (Å²) in [6, 6.07) is 12.5. The summed E-state index contributed by atoms with van der Waals surface area (Å²) in [5.74, 6) is -0.641. The van der Waals surface area contributed by atoms with Gasteiger partial charge in [0, 0.05) is 28.7 Å². The van der Waals surface area contributed by atoms with Gasteiger partial charge in [-0.25, -0.2) is 8.42 Å². The van der Waals surface area contributed by atoms with Crippen LogP contribution in [0.4, 0.5) is 5.69 Å². The highest BCUT2D eigenvalue weighted by Crippen LogP contribution is 2.27. The molecule has 0 fully saturated rings. The van der Waals surface area contributed by atoms with Crippen LogP contribution in [0.25, 0.3) is 0 Å². The summed E-state index contributed by atoms with van der Waals surface area (Å²) in [5.41, 5.74) is 0.839. The summed E-state index contributed by atoms with van der Waals surface area (Å²) < 4.78 is 26.1. The number of nitrogens with one attached hydrogen (secondary N) is 1. The van der Waals surface area contributed by atoms with Crippen molar-refractivity contribution in [2.75, 3.05) is 23.7 Å². The molecular weight excluding hydrogens is 497 g/mol. The zero-order valence-corrected chi connectivity index (χ0v) is 22.1. The van der Waals surface area contributed by atoms with Crippen LogP contribution < -0.4 is 9.62 Å². The Morgan fingerprint density at radius 2 is 1.59 bits per heavy atom. The van der Waals surface area contributed by atoms with E-state index in [0.717, 1.165) is 10.6 Å². The molecule has 0 saturated carbocycles. The van der Waals surface area contributed by atoms with Crippen LogP contribution in [0, 0.1) is 5.92 Å². The lowest BCUT2D eigenvalue weighted by atomic mass is 10.1. The topological polar surface area (TPSA) is 86.8 Å². The average Bonchev–Trinajstić information content (AvgIpc) is 2.77. The summed E-state index contributed by atoms with van der Waals surface area (Å²) in [6.07, 6.45) is 1.36. The maximum absolute atomic E-state index is 13.6. The minimum atomic E-state index is -3.78. The second kappa shape index (κ2) is 12.4. The van der Waals surface area contributed by atoms with Gasteiger partial charge in [-0.05, 0) is 36.6 Å². The van der Waals surface area contributed by atoms with Crippen molar-refractivity contribution >= 4 is 50.7 Å². The first-order valence-corrected chi connectivity index (χ1v) is 13.6. The van der Waals surface area contributed by atoms with Crippen molar-refractivity contribution in [2.45, 2.75) is 39.8 Å². The molecule has 34 heavy (non-hydrogen) atoms. The number of anilines is 1. The van der Waals surface area contributed by atoms with Crippen LogP contribution in [0.2, 0.25) is 10.0 Å². The molecule has 0 aliphatic rings. The molecule has 2 aromatic carbocycles. The highest BCUT2D eigenvalue weighted by Gasteiger charge is 2.32. The molecule has 0 unspecified atom stereocenters. The third-order valence-electron chi connectivity index (χ3n) is 5.18. The van der Waals surface area contributed by atoms with Gasteiger partial charge in [0.25, 0.3) is 0 Å². The number of hydrogen-bond donors (Lipinski definition) is 1. The molecule has 0 aliphatic heterocycles. The molecule has 0 heterocycles. The maximum Gasteiger partial charge on any atom is 0.244 e. The first-order valence-electron chi connectivity index (χ1n) is 11.0. The van der Waals surface area contributed by atoms with Gasteiger partial charge in [0.15, 0.2) is 0 Å². The Bertz CT molecular complexity index is 1070. The summed E-state index contributed by atoms with van der Waals surface area (Å²) in [5, 5.41) is 3.57. The number of halogens is 2. The van der Waals surface area contributed by atoms with Crippen LogP contribution >= 0.6 is 23.2 Å². The van der Waals surface area contributed by atoms with Crippen LogP contribution in [0.3, 0.4) is 0 Å². The molecule has 186 valence electrons. The van der Waals surface area contributed by atoms with Crippen molar-refractivity contribution in [3.05, 3.63) is 64.1 Å². The number of para-hydroxylation sites is 1. The molecular formula is C24H31Cl2N3O4S. The summed E-state index contributed by atoms with van der Waals surface area (Å²) in [4.78, 5) is 28.0. The molecule has 1 atom stereocenters. The largest absolute Gasteiger partial charge is 0.354 e. The number of hydrogen-bond acceptors (Lipinski definition) is 4. The average molecular weight is 529 g/mol. The first-order chi connectivity index (χ1) is 16.0. The Labute approximate surface area is 212 Å². The van der Waals surface area contributed by atoms with Crippen molar-refractivity contribution in [1.82, 2.24) is 10.2 Å². The number of nitrogens with zero attached hydrogens (tertiary/aromatic N) is 2. The monoisotopic (exact) mass is 527 g/mol. The van der Waals surface area contributed by atoms with Gasteiger partial charge in [-0.2, -0.15) is 0 Å². The second-order valence-corrected chi connectivity index (χ2v) is 11.1. The summed E-state index contributed by atoms with van der Waals surface area (Å²) >= 11 is 12.7. The Balaban J connectivity index is 2.46. The number of sulfonamides is 1. The van der Waals surface area contributed by atoms with Gasteiger partial charge in [-0.1, -0.05) is 68.2 Å². The molecule has 0 saturated heterocycles. The van der Waals surface area contributed by atoms with Gasteiger partial charge in [-0.15, -0.1) is 0 Å². The second-order valence-electron chi connectivity index (χ2n) is 8.39. The Hall–Kier alpha value is -2.29. The van der Waals surface area contributed by atoms with E-state index < -0.39 is 28.5 Å². The smallest absolute Gasteiger partial charge is 0.244 e. The van der Waals surface area contributed by atoms with Crippen molar-refractivity contribution in [3.63, 3.8) is 0 Å². The fraction of sp³-hybridized carbons (Fsp3) is 0.417. The van der Waals surface area contributed by atoms with Gasteiger partial charge in [-0.3, -0.25) is 13.9 Å². The van der Waals surface area contributed by atoms with Crippen molar-refractivity contribution in [2.24, 2.45) is 5.92 Å². The lowest BCUT2D eigenvalue weighted by molar-refractivity contribution is -0.140. The van der Waals surface area contributed by atoms with Crippen LogP contribution in [0.1, 0.15) is 32.8 Å². The fourth-order valence-corrected chi connectivity index (χ4v) is 4.77. The summed E-state index contributed by atoms with van der Waals surface area (Å²) in [6.45, 7) is 5.66. The molecule has 2 amide bonds. The van der Waals surface area contributed by atoms with Gasteiger partial charge in [0.05, 0.1) is 11.9 Å². The number of rotatable bonds is 11. The lowest BCUT2D eigenvalue weighted by Gasteiger charge is -2.33. The van der Waals surface area contributed by atoms with E-state index in [1.165, 1.54) is 4.90 Å². The van der Waals surface area contributed by atoms with Crippen LogP contribution in [-0.2, 0) is 26.2 Å². The highest BCUT2D eigenvalue weighted by atomic mass is 35.5. The maximum atomic E-state index is 13.6. The van der Waals surface area contributed by atoms with E-state index in [2.05, 4.69) is 5.32 Å². The minimum absolute atomic E-state index is 0.0443. The van der Waals surface area contributed by atoms with E-state index in [1.807, 2.05) is 13.8 Å². The first kappa shape index (κ1) is 28.0. The van der Waals surface area contributed by atoms with Gasteiger partial charge in [0.2, 0.25) is 21.8 Å². The molecule has 0 aliphatic carbocycles. The van der Waals surface area contributed by atoms with Crippen molar-refractivity contribution in [1.29, 1.82) is 0 Å². The van der Waals surface area contributed by atoms with E-state index in [1.54, 1.807) is 55.5 Å². The van der Waals surface area contributed by atoms with Gasteiger partial charge in [0.1, 0.15) is 12.6 Å². The Morgan fingerprint density at radius 3 is 2.09 bits per heavy atom. The number of amides is 2. The van der Waals surface area contributed by atoms with Gasteiger partial charge < -0.3 is 10.2 Å². The van der Waals surface area contributed by atoms with Crippen molar-refractivity contribution in [3.8, 4) is 0 Å². The third kappa shape index (κ3) is 7.61. The van der Waals surface area contributed by atoms with Crippen LogP contribution in [0.15, 0.2) is 48.5 Å². The van der Waals surface area contributed by atoms with E-state index in [4.69, 9.17) is 23.2 Å². The van der Waals surface area contributed by atoms with Crippen LogP contribution in [-0.4, -0.2) is 50.5 Å². The number of carbonyl (C=O) groups is 2. The van der Waals surface area contributed by atoms with E-state index >= 15 is 0 Å². The molecule has 2 rings (SSSR count). The molecule has 7 nitrogen and oxygen atoms in total. The highest BCUT2D eigenvalue weighted by molar-refractivity contribution is 7.92. The molecule has 0 spiro atoms. The fourth-order valence-electron chi connectivity index (χ4n) is 3.40. The van der Waals surface area contributed by atoms with E-state index in [-0.39, 0.29) is 18.4 Å². The molecule has 10 heteroatoms. The van der Waals surface area contributed by atoms with E-state index in [0.29, 0.717) is 34.3 Å². The quantitative estimate of drug-likeness (QED) is 0.470. The minimum Gasteiger partial charge on any atom is -0.354 e. The Morgan fingerprint density at radius 1 is 1.00 bits per heavy atom. The molecule has 1 N–H and O–H groups in total. The molecule has 0 radical (unpaired) electrons. The standard InChI is InChI=1S/C24H31Cl2N3O4S/c1-5-22(24(31)27-14-17(2)3)28(15-19-20(25)12-9-13-21(19)26)23(30)16-29(34(4,32)33)18-10-7-6-8-11-18/h6-13,17,22H,5,14-16H2,1-4H3,(H,27,31)/t22-/m1/s1. The van der Waals surface area contributed by atoms with Crippen LogP contribution in [0.5, 0.6) is 0 Å².